The summed E-state index contributed by atoms with van der Waals surface area (Å²) in [6.07, 6.45) is 5.06. The molecule has 0 atom stereocenters. The fraction of sp³-hybridized carbons (Fsp3) is 0.233. The normalized spacial score (nSPS) is 14.3. The van der Waals surface area contributed by atoms with Crippen LogP contribution in [0.5, 0.6) is 5.88 Å². The van der Waals surface area contributed by atoms with Crippen molar-refractivity contribution in [1.82, 2.24) is 19.9 Å². The van der Waals surface area contributed by atoms with Crippen LogP contribution in [0.25, 0.3) is 22.0 Å². The summed E-state index contributed by atoms with van der Waals surface area (Å²) in [5, 5.41) is 0.558. The summed E-state index contributed by atoms with van der Waals surface area (Å²) in [5.41, 5.74) is 0.106. The lowest BCUT2D eigenvalue weighted by Gasteiger charge is -2.31. The van der Waals surface area contributed by atoms with Gasteiger partial charge in [0.25, 0.3) is 10.0 Å². The average Bonchev–Trinajstić information content (AvgIpc) is 3.01. The number of aromatic nitrogens is 3. The van der Waals surface area contributed by atoms with Gasteiger partial charge in [-0.3, -0.25) is 14.3 Å². The molecule has 1 amide bonds. The molecule has 0 bridgehead atoms. The van der Waals surface area contributed by atoms with Gasteiger partial charge in [0, 0.05) is 30.5 Å². The standard InChI is InChI=1S/C30H27F2N5O5S/c1-18(38)8-11-24(39)37-14-12-19(13-15-37)27-22-16-20(9-10-23(22)33-17-34-27)25-26(31)28(30(42-2)35-29(25)32)36-43(40,41)21-6-4-3-5-7-21/h3-11,16-17,19,36H,12-15H2,1-2H3/b11-8+. The summed E-state index contributed by atoms with van der Waals surface area (Å²) in [7, 11) is -3.13. The number of amides is 1. The zero-order chi connectivity index (χ0) is 30.7. The van der Waals surface area contributed by atoms with Crippen molar-refractivity contribution in [3.8, 4) is 17.0 Å². The SMILES string of the molecule is COc1nc(F)c(-c2ccc3ncnc(C4CCN(C(=O)/C=C/C(C)=O)CC4)c3c2)c(F)c1NS(=O)(=O)c1ccccc1. The molecule has 5 rings (SSSR count). The highest BCUT2D eigenvalue weighted by atomic mass is 32.2. The Morgan fingerprint density at radius 1 is 1.05 bits per heavy atom. The molecule has 1 N–H and O–H groups in total. The van der Waals surface area contributed by atoms with E-state index in [4.69, 9.17) is 4.74 Å². The number of nitrogens with zero attached hydrogens (tertiary/aromatic N) is 4. The molecule has 1 fully saturated rings. The van der Waals surface area contributed by atoms with Gasteiger partial charge >= 0.3 is 0 Å². The molecule has 0 radical (unpaired) electrons. The van der Waals surface area contributed by atoms with Crippen molar-refractivity contribution in [1.29, 1.82) is 0 Å². The predicted octanol–water partition coefficient (Wildman–Crippen LogP) is 4.63. The van der Waals surface area contributed by atoms with Crippen LogP contribution in [0.3, 0.4) is 0 Å². The Morgan fingerprint density at radius 3 is 2.44 bits per heavy atom. The zero-order valence-electron chi connectivity index (χ0n) is 23.3. The first-order valence-electron chi connectivity index (χ1n) is 13.3. The number of halogens is 2. The smallest absolute Gasteiger partial charge is 0.262 e. The Balaban J connectivity index is 1.50. The third-order valence-electron chi connectivity index (χ3n) is 7.15. The van der Waals surface area contributed by atoms with E-state index in [1.807, 2.05) is 0 Å². The Morgan fingerprint density at radius 2 is 1.77 bits per heavy atom. The van der Waals surface area contributed by atoms with Crippen molar-refractivity contribution in [2.45, 2.75) is 30.6 Å². The van der Waals surface area contributed by atoms with Gasteiger partial charge in [-0.05, 0) is 55.7 Å². The third-order valence-corrected chi connectivity index (χ3v) is 8.52. The van der Waals surface area contributed by atoms with Crippen molar-refractivity contribution in [2.75, 3.05) is 24.9 Å². The first kappa shape index (κ1) is 29.7. The van der Waals surface area contributed by atoms with Crippen LogP contribution in [0.1, 0.15) is 31.4 Å². The Labute approximate surface area is 246 Å². The number of nitrogens with one attached hydrogen (secondary N) is 1. The van der Waals surface area contributed by atoms with Gasteiger partial charge in [0.1, 0.15) is 12.0 Å². The molecule has 0 spiro atoms. The van der Waals surface area contributed by atoms with E-state index in [1.54, 1.807) is 23.1 Å². The van der Waals surface area contributed by atoms with Gasteiger partial charge in [0.15, 0.2) is 11.6 Å². The number of methoxy groups -OCH3 is 1. The second kappa shape index (κ2) is 12.2. The molecule has 2 aromatic heterocycles. The summed E-state index contributed by atoms with van der Waals surface area (Å²) in [4.78, 5) is 37.6. The highest BCUT2D eigenvalue weighted by Crippen LogP contribution is 2.38. The van der Waals surface area contributed by atoms with Crippen LogP contribution in [0.4, 0.5) is 14.5 Å². The average molecular weight is 608 g/mol. The van der Waals surface area contributed by atoms with E-state index >= 15 is 8.78 Å². The molecule has 222 valence electrons. The number of carbonyl (C=O) groups is 2. The fourth-order valence-corrected chi connectivity index (χ4v) is 6.09. The van der Waals surface area contributed by atoms with E-state index in [9.17, 15) is 18.0 Å². The van der Waals surface area contributed by atoms with Crippen molar-refractivity contribution in [3.63, 3.8) is 0 Å². The largest absolute Gasteiger partial charge is 0.479 e. The molecule has 4 aromatic rings. The number of allylic oxidation sites excluding steroid dienone is 1. The molecule has 1 aliphatic heterocycles. The van der Waals surface area contributed by atoms with Crippen molar-refractivity contribution in [2.24, 2.45) is 0 Å². The van der Waals surface area contributed by atoms with Gasteiger partial charge in [0.05, 0.1) is 28.8 Å². The summed E-state index contributed by atoms with van der Waals surface area (Å²) in [6, 6.07) is 11.9. The molecule has 0 unspecified atom stereocenters. The summed E-state index contributed by atoms with van der Waals surface area (Å²) in [5.74, 6) is -3.50. The number of anilines is 1. The number of fused-ring (bicyclic) bond motifs is 1. The van der Waals surface area contributed by atoms with Crippen LogP contribution in [-0.4, -0.2) is 60.2 Å². The lowest BCUT2D eigenvalue weighted by Crippen LogP contribution is -2.37. The molecule has 2 aromatic carbocycles. The number of carbonyl (C=O) groups excluding carboxylic acids is 2. The monoisotopic (exact) mass is 607 g/mol. The minimum atomic E-state index is -4.26. The number of benzene rings is 2. The Hall–Kier alpha value is -4.78. The van der Waals surface area contributed by atoms with Crippen molar-refractivity contribution < 1.29 is 31.5 Å². The van der Waals surface area contributed by atoms with Crippen molar-refractivity contribution in [3.05, 3.63) is 84.5 Å². The van der Waals surface area contributed by atoms with Gasteiger partial charge < -0.3 is 9.64 Å². The second-order valence-electron chi connectivity index (χ2n) is 9.93. The molecule has 13 heteroatoms. The van der Waals surface area contributed by atoms with E-state index in [2.05, 4.69) is 19.7 Å². The van der Waals surface area contributed by atoms with Gasteiger partial charge in [-0.2, -0.15) is 9.37 Å². The van der Waals surface area contributed by atoms with Gasteiger partial charge in [-0.1, -0.05) is 24.3 Å². The minimum Gasteiger partial charge on any atom is -0.479 e. The second-order valence-corrected chi connectivity index (χ2v) is 11.6. The molecule has 0 aliphatic carbocycles. The summed E-state index contributed by atoms with van der Waals surface area (Å²) >= 11 is 0. The van der Waals surface area contributed by atoms with Gasteiger partial charge in [-0.25, -0.2) is 22.8 Å². The number of ketones is 1. The molecule has 10 nitrogen and oxygen atoms in total. The minimum absolute atomic E-state index is 0.0708. The highest BCUT2D eigenvalue weighted by molar-refractivity contribution is 7.92. The zero-order valence-corrected chi connectivity index (χ0v) is 24.1. The number of pyridine rings is 1. The van der Waals surface area contributed by atoms with Gasteiger partial charge in [0.2, 0.25) is 17.7 Å². The maximum atomic E-state index is 16.0. The summed E-state index contributed by atoms with van der Waals surface area (Å²) in [6.45, 7) is 2.25. The number of sulfonamides is 1. The maximum absolute atomic E-state index is 16.0. The number of rotatable bonds is 8. The first-order chi connectivity index (χ1) is 20.6. The lowest BCUT2D eigenvalue weighted by molar-refractivity contribution is -0.127. The van der Waals surface area contributed by atoms with Crippen LogP contribution >= 0.6 is 0 Å². The van der Waals surface area contributed by atoms with E-state index in [-0.39, 0.29) is 28.1 Å². The van der Waals surface area contributed by atoms with E-state index in [0.717, 1.165) is 7.11 Å². The van der Waals surface area contributed by atoms with Crippen LogP contribution in [0, 0.1) is 11.8 Å². The number of hydrogen-bond acceptors (Lipinski definition) is 8. The first-order valence-corrected chi connectivity index (χ1v) is 14.8. The molecule has 0 saturated carbocycles. The van der Waals surface area contributed by atoms with Crippen LogP contribution in [-0.2, 0) is 19.6 Å². The topological polar surface area (TPSA) is 131 Å². The third kappa shape index (κ3) is 6.21. The molecule has 1 saturated heterocycles. The Bertz CT molecular complexity index is 1840. The number of ether oxygens (including phenoxy) is 1. The van der Waals surface area contributed by atoms with Crippen LogP contribution in [0.2, 0.25) is 0 Å². The quantitative estimate of drug-likeness (QED) is 0.227. The number of piperidine rings is 1. The Kier molecular flexibility index (Phi) is 8.44. The number of hydrogen-bond donors (Lipinski definition) is 1. The van der Waals surface area contributed by atoms with Crippen LogP contribution in [0.15, 0.2) is 71.9 Å². The van der Waals surface area contributed by atoms with Crippen molar-refractivity contribution >= 4 is 38.3 Å². The molecule has 1 aliphatic rings. The highest BCUT2D eigenvalue weighted by Gasteiger charge is 2.28. The molecule has 43 heavy (non-hydrogen) atoms. The lowest BCUT2D eigenvalue weighted by atomic mass is 9.90. The van der Waals surface area contributed by atoms with E-state index in [1.165, 1.54) is 55.7 Å². The fourth-order valence-electron chi connectivity index (χ4n) is 5.01. The van der Waals surface area contributed by atoms with Gasteiger partial charge in [-0.15, -0.1) is 0 Å². The molecular weight excluding hydrogens is 580 g/mol. The molecular formula is C30H27F2N5O5S. The van der Waals surface area contributed by atoms with E-state index < -0.39 is 38.9 Å². The predicted molar refractivity (Wildman–Crippen MR) is 155 cm³/mol. The maximum Gasteiger partial charge on any atom is 0.262 e. The van der Waals surface area contributed by atoms with E-state index in [0.29, 0.717) is 42.5 Å². The summed E-state index contributed by atoms with van der Waals surface area (Å²) < 4.78 is 64.4. The molecule has 3 heterocycles. The van der Waals surface area contributed by atoms with Crippen LogP contribution < -0.4 is 9.46 Å². The number of likely N-dealkylation sites (tertiary alicyclic amines) is 1.